The lowest BCUT2D eigenvalue weighted by atomic mass is 10.2. The van der Waals surface area contributed by atoms with E-state index in [0.29, 0.717) is 4.88 Å². The van der Waals surface area contributed by atoms with Gasteiger partial charge in [0.1, 0.15) is 11.6 Å². The van der Waals surface area contributed by atoms with E-state index in [2.05, 4.69) is 15.2 Å². The predicted octanol–water partition coefficient (Wildman–Crippen LogP) is 3.44. The number of pyridine rings is 1. The summed E-state index contributed by atoms with van der Waals surface area (Å²) in [6.07, 6.45) is 2.67. The molecule has 1 fully saturated rings. The summed E-state index contributed by atoms with van der Waals surface area (Å²) in [6.45, 7) is 1.63. The van der Waals surface area contributed by atoms with Crippen molar-refractivity contribution in [3.63, 3.8) is 0 Å². The lowest BCUT2D eigenvalue weighted by Crippen LogP contribution is -2.36. The number of anilines is 1. The molecule has 0 unspecified atom stereocenters. The van der Waals surface area contributed by atoms with Gasteiger partial charge in [-0.1, -0.05) is 6.07 Å². The van der Waals surface area contributed by atoms with Gasteiger partial charge in [0.05, 0.1) is 4.88 Å². The average Bonchev–Trinajstić information content (AvgIpc) is 3.22. The standard InChI is InChI=1S/C18H16FN3OS/c19-13-4-5-15-12(9-13)10-16(24-15)18(23)21-14-6-8-22(11-14)17-3-1-2-7-20-17/h1-5,7,9-10,14H,6,8,11H2,(H,21,23)/t14-/m0/s1. The Morgan fingerprint density at radius 2 is 2.21 bits per heavy atom. The normalized spacial score (nSPS) is 17.4. The van der Waals surface area contributed by atoms with Gasteiger partial charge >= 0.3 is 0 Å². The number of hydrogen-bond acceptors (Lipinski definition) is 4. The molecule has 1 atom stereocenters. The topological polar surface area (TPSA) is 45.2 Å². The second-order valence-electron chi connectivity index (χ2n) is 5.89. The Bertz CT molecular complexity index is 880. The highest BCUT2D eigenvalue weighted by Crippen LogP contribution is 2.26. The molecule has 2 aromatic heterocycles. The van der Waals surface area contributed by atoms with E-state index in [0.717, 1.165) is 35.4 Å². The van der Waals surface area contributed by atoms with Crippen LogP contribution >= 0.6 is 11.3 Å². The van der Waals surface area contributed by atoms with Crippen molar-refractivity contribution in [3.8, 4) is 0 Å². The van der Waals surface area contributed by atoms with E-state index in [4.69, 9.17) is 0 Å². The quantitative estimate of drug-likeness (QED) is 0.794. The highest BCUT2D eigenvalue weighted by molar-refractivity contribution is 7.20. The Labute approximate surface area is 142 Å². The number of carbonyl (C=O) groups is 1. The number of rotatable bonds is 3. The Hall–Kier alpha value is -2.47. The van der Waals surface area contributed by atoms with E-state index in [1.54, 1.807) is 18.3 Å². The molecule has 0 bridgehead atoms. The SMILES string of the molecule is O=C(N[C@H]1CCN(c2ccccn2)C1)c1cc2cc(F)ccc2s1. The summed E-state index contributed by atoms with van der Waals surface area (Å²) in [5.41, 5.74) is 0. The maximum atomic E-state index is 13.3. The van der Waals surface area contributed by atoms with Gasteiger partial charge in [-0.3, -0.25) is 4.79 Å². The third-order valence-corrected chi connectivity index (χ3v) is 5.31. The lowest BCUT2D eigenvalue weighted by Gasteiger charge is -2.17. The van der Waals surface area contributed by atoms with Crippen molar-refractivity contribution < 1.29 is 9.18 Å². The van der Waals surface area contributed by atoms with E-state index in [1.807, 2.05) is 18.2 Å². The molecule has 0 spiro atoms. The lowest BCUT2D eigenvalue weighted by molar-refractivity contribution is 0.0944. The van der Waals surface area contributed by atoms with Crippen LogP contribution in [0.15, 0.2) is 48.7 Å². The van der Waals surface area contributed by atoms with Crippen molar-refractivity contribution >= 4 is 33.1 Å². The fraction of sp³-hybridized carbons (Fsp3) is 0.222. The fourth-order valence-corrected chi connectivity index (χ4v) is 3.96. The van der Waals surface area contributed by atoms with Crippen LogP contribution in [0.3, 0.4) is 0 Å². The molecule has 1 N–H and O–H groups in total. The number of aromatic nitrogens is 1. The van der Waals surface area contributed by atoms with Crippen LogP contribution in [0.4, 0.5) is 10.2 Å². The van der Waals surface area contributed by atoms with Gasteiger partial charge in [-0.05, 0) is 48.2 Å². The van der Waals surface area contributed by atoms with Gasteiger partial charge in [-0.15, -0.1) is 11.3 Å². The van der Waals surface area contributed by atoms with Gasteiger partial charge in [0.2, 0.25) is 0 Å². The first-order valence-electron chi connectivity index (χ1n) is 7.85. The maximum absolute atomic E-state index is 13.3. The Kier molecular flexibility index (Phi) is 3.90. The van der Waals surface area contributed by atoms with Crippen LogP contribution in [-0.2, 0) is 0 Å². The van der Waals surface area contributed by atoms with Gasteiger partial charge in [-0.25, -0.2) is 9.37 Å². The van der Waals surface area contributed by atoms with Crippen molar-refractivity contribution in [3.05, 3.63) is 59.4 Å². The summed E-state index contributed by atoms with van der Waals surface area (Å²) >= 11 is 1.39. The highest BCUT2D eigenvalue weighted by Gasteiger charge is 2.25. The molecule has 1 saturated heterocycles. The van der Waals surface area contributed by atoms with Crippen LogP contribution in [0.1, 0.15) is 16.1 Å². The largest absolute Gasteiger partial charge is 0.354 e. The number of thiophene rings is 1. The molecule has 1 aliphatic heterocycles. The maximum Gasteiger partial charge on any atom is 0.261 e. The van der Waals surface area contributed by atoms with Crippen molar-refractivity contribution in [1.29, 1.82) is 0 Å². The smallest absolute Gasteiger partial charge is 0.261 e. The summed E-state index contributed by atoms with van der Waals surface area (Å²) < 4.78 is 14.2. The third-order valence-electron chi connectivity index (χ3n) is 4.20. The summed E-state index contributed by atoms with van der Waals surface area (Å²) in [7, 11) is 0. The molecule has 3 aromatic rings. The number of fused-ring (bicyclic) bond motifs is 1. The van der Waals surface area contributed by atoms with Crippen molar-refractivity contribution in [2.75, 3.05) is 18.0 Å². The van der Waals surface area contributed by atoms with E-state index in [9.17, 15) is 9.18 Å². The number of amides is 1. The molecular weight excluding hydrogens is 325 g/mol. The third kappa shape index (κ3) is 2.97. The van der Waals surface area contributed by atoms with Crippen LogP contribution in [0.25, 0.3) is 10.1 Å². The first kappa shape index (κ1) is 15.1. The molecule has 122 valence electrons. The summed E-state index contributed by atoms with van der Waals surface area (Å²) in [6, 6.07) is 12.3. The van der Waals surface area contributed by atoms with Crippen molar-refractivity contribution in [1.82, 2.24) is 10.3 Å². The van der Waals surface area contributed by atoms with Crippen LogP contribution < -0.4 is 10.2 Å². The van der Waals surface area contributed by atoms with E-state index >= 15 is 0 Å². The zero-order valence-corrected chi connectivity index (χ0v) is 13.7. The molecule has 1 aromatic carbocycles. The average molecular weight is 341 g/mol. The molecule has 6 heteroatoms. The molecule has 0 aliphatic carbocycles. The monoisotopic (exact) mass is 341 g/mol. The van der Waals surface area contributed by atoms with E-state index in [-0.39, 0.29) is 17.8 Å². The number of nitrogens with one attached hydrogen (secondary N) is 1. The zero-order chi connectivity index (χ0) is 16.5. The molecule has 1 aliphatic rings. The molecule has 3 heterocycles. The van der Waals surface area contributed by atoms with Gasteiger partial charge in [0.15, 0.2) is 0 Å². The first-order valence-corrected chi connectivity index (χ1v) is 8.66. The fourth-order valence-electron chi connectivity index (χ4n) is 3.01. The Morgan fingerprint density at radius 1 is 1.29 bits per heavy atom. The summed E-state index contributed by atoms with van der Waals surface area (Å²) in [4.78, 5) is 19.6. The minimum absolute atomic E-state index is 0.0931. The van der Waals surface area contributed by atoms with Crippen LogP contribution in [0.2, 0.25) is 0 Å². The van der Waals surface area contributed by atoms with Crippen molar-refractivity contribution in [2.45, 2.75) is 12.5 Å². The molecule has 0 radical (unpaired) electrons. The molecule has 24 heavy (non-hydrogen) atoms. The number of carbonyl (C=O) groups excluding carboxylic acids is 1. The van der Waals surface area contributed by atoms with Crippen LogP contribution in [0, 0.1) is 5.82 Å². The number of halogens is 1. The van der Waals surface area contributed by atoms with Crippen LogP contribution in [-0.4, -0.2) is 30.0 Å². The van der Waals surface area contributed by atoms with Gasteiger partial charge < -0.3 is 10.2 Å². The van der Waals surface area contributed by atoms with Gasteiger partial charge in [-0.2, -0.15) is 0 Å². The number of benzene rings is 1. The van der Waals surface area contributed by atoms with Crippen molar-refractivity contribution in [2.24, 2.45) is 0 Å². The molecule has 4 rings (SSSR count). The minimum Gasteiger partial charge on any atom is -0.354 e. The molecular formula is C18H16FN3OS. The minimum atomic E-state index is -0.283. The first-order chi connectivity index (χ1) is 11.7. The number of hydrogen-bond donors (Lipinski definition) is 1. The van der Waals surface area contributed by atoms with Crippen LogP contribution in [0.5, 0.6) is 0 Å². The van der Waals surface area contributed by atoms with Gasteiger partial charge in [0.25, 0.3) is 5.91 Å². The zero-order valence-electron chi connectivity index (χ0n) is 12.9. The highest BCUT2D eigenvalue weighted by atomic mass is 32.1. The molecule has 1 amide bonds. The van der Waals surface area contributed by atoms with E-state index < -0.39 is 0 Å². The second-order valence-corrected chi connectivity index (χ2v) is 6.97. The predicted molar refractivity (Wildman–Crippen MR) is 94.1 cm³/mol. The number of nitrogens with zero attached hydrogens (tertiary/aromatic N) is 2. The Balaban J connectivity index is 1.44. The molecule has 0 saturated carbocycles. The van der Waals surface area contributed by atoms with Gasteiger partial charge in [0, 0.05) is 30.0 Å². The Morgan fingerprint density at radius 3 is 3.04 bits per heavy atom. The molecule has 4 nitrogen and oxygen atoms in total. The second kappa shape index (κ2) is 6.20. The summed E-state index contributed by atoms with van der Waals surface area (Å²) in [5, 5.41) is 3.85. The van der Waals surface area contributed by atoms with E-state index in [1.165, 1.54) is 23.5 Å². The summed E-state index contributed by atoms with van der Waals surface area (Å²) in [5.74, 6) is 0.560.